The number of rotatable bonds is 3. The molecule has 88 valence electrons. The SMILES string of the molecule is COc1ccc(Br)c(-c2ncc(C(=O)O)[nH]2)c1. The van der Waals surface area contributed by atoms with Crippen molar-refractivity contribution in [3.63, 3.8) is 0 Å². The van der Waals surface area contributed by atoms with Gasteiger partial charge in [0.2, 0.25) is 0 Å². The maximum absolute atomic E-state index is 10.7. The van der Waals surface area contributed by atoms with E-state index in [9.17, 15) is 4.79 Å². The third-order valence-electron chi connectivity index (χ3n) is 2.23. The fourth-order valence-corrected chi connectivity index (χ4v) is 1.81. The fourth-order valence-electron chi connectivity index (χ4n) is 1.38. The van der Waals surface area contributed by atoms with E-state index in [4.69, 9.17) is 9.84 Å². The standard InChI is InChI=1S/C11H9BrN2O3/c1-17-6-2-3-8(12)7(4-6)10-13-5-9(14-10)11(15)16/h2-5H,1H3,(H,13,14)(H,15,16). The first-order valence-corrected chi connectivity index (χ1v) is 5.53. The molecule has 0 aliphatic rings. The fraction of sp³-hybridized carbons (Fsp3) is 0.0909. The van der Waals surface area contributed by atoms with Crippen LogP contribution in [0, 0.1) is 0 Å². The van der Waals surface area contributed by atoms with E-state index in [2.05, 4.69) is 25.9 Å². The Hall–Kier alpha value is -1.82. The smallest absolute Gasteiger partial charge is 0.353 e. The minimum atomic E-state index is -1.04. The molecule has 0 saturated heterocycles. The topological polar surface area (TPSA) is 75.2 Å². The second kappa shape index (κ2) is 4.58. The third-order valence-corrected chi connectivity index (χ3v) is 2.93. The van der Waals surface area contributed by atoms with E-state index in [0.717, 1.165) is 10.0 Å². The lowest BCUT2D eigenvalue weighted by atomic mass is 10.2. The lowest BCUT2D eigenvalue weighted by Gasteiger charge is -2.04. The second-order valence-corrected chi connectivity index (χ2v) is 4.15. The molecule has 1 aromatic heterocycles. The average molecular weight is 297 g/mol. The molecule has 2 N–H and O–H groups in total. The van der Waals surface area contributed by atoms with Crippen LogP contribution in [0.15, 0.2) is 28.9 Å². The molecule has 0 bridgehead atoms. The summed E-state index contributed by atoms with van der Waals surface area (Å²) in [6.07, 6.45) is 1.28. The number of carboxylic acids is 1. The third kappa shape index (κ3) is 2.31. The summed E-state index contributed by atoms with van der Waals surface area (Å²) in [5, 5.41) is 8.81. The molecule has 0 unspecified atom stereocenters. The number of aromatic carboxylic acids is 1. The van der Waals surface area contributed by atoms with E-state index in [0.29, 0.717) is 11.6 Å². The van der Waals surface area contributed by atoms with Gasteiger partial charge >= 0.3 is 5.97 Å². The number of H-pyrrole nitrogens is 1. The van der Waals surface area contributed by atoms with Crippen molar-refractivity contribution in [3.05, 3.63) is 34.6 Å². The first-order chi connectivity index (χ1) is 8.11. The average Bonchev–Trinajstić information content (AvgIpc) is 2.79. The van der Waals surface area contributed by atoms with E-state index < -0.39 is 5.97 Å². The number of carbonyl (C=O) groups is 1. The van der Waals surface area contributed by atoms with Crippen LogP contribution >= 0.6 is 15.9 Å². The first-order valence-electron chi connectivity index (χ1n) is 4.74. The highest BCUT2D eigenvalue weighted by atomic mass is 79.9. The van der Waals surface area contributed by atoms with E-state index >= 15 is 0 Å². The van der Waals surface area contributed by atoms with Crippen LogP contribution in [0.1, 0.15) is 10.5 Å². The number of hydrogen-bond donors (Lipinski definition) is 2. The zero-order valence-corrected chi connectivity index (χ0v) is 10.5. The van der Waals surface area contributed by atoms with Crippen LogP contribution in [0.3, 0.4) is 0 Å². The zero-order valence-electron chi connectivity index (χ0n) is 8.90. The molecule has 0 amide bonds. The van der Waals surface area contributed by atoms with Gasteiger partial charge in [-0.15, -0.1) is 0 Å². The highest BCUT2D eigenvalue weighted by Gasteiger charge is 2.11. The van der Waals surface area contributed by atoms with Crippen molar-refractivity contribution in [1.82, 2.24) is 9.97 Å². The molecule has 0 radical (unpaired) electrons. The van der Waals surface area contributed by atoms with Gasteiger partial charge in [0.15, 0.2) is 0 Å². The van der Waals surface area contributed by atoms with Gasteiger partial charge in [0, 0.05) is 10.0 Å². The minimum absolute atomic E-state index is 0.0507. The molecular weight excluding hydrogens is 288 g/mol. The molecule has 6 heteroatoms. The van der Waals surface area contributed by atoms with E-state index in [1.165, 1.54) is 6.20 Å². The number of imidazole rings is 1. The highest BCUT2D eigenvalue weighted by molar-refractivity contribution is 9.10. The molecule has 0 atom stereocenters. The molecule has 1 aromatic carbocycles. The van der Waals surface area contributed by atoms with Gasteiger partial charge in [-0.3, -0.25) is 0 Å². The van der Waals surface area contributed by atoms with Crippen molar-refractivity contribution >= 4 is 21.9 Å². The lowest BCUT2D eigenvalue weighted by Crippen LogP contribution is -1.95. The molecule has 2 rings (SSSR count). The summed E-state index contributed by atoms with van der Waals surface area (Å²) in [7, 11) is 1.57. The number of hydrogen-bond acceptors (Lipinski definition) is 3. The molecule has 5 nitrogen and oxygen atoms in total. The van der Waals surface area contributed by atoms with Crippen molar-refractivity contribution in [2.75, 3.05) is 7.11 Å². The maximum atomic E-state index is 10.7. The molecule has 0 aliphatic heterocycles. The van der Waals surface area contributed by atoms with Gasteiger partial charge in [-0.1, -0.05) is 15.9 Å². The van der Waals surface area contributed by atoms with Crippen LogP contribution in [0.5, 0.6) is 5.75 Å². The predicted molar refractivity (Wildman–Crippen MR) is 65.2 cm³/mol. The number of nitrogens with zero attached hydrogens (tertiary/aromatic N) is 1. The zero-order chi connectivity index (χ0) is 12.4. The Balaban J connectivity index is 2.47. The molecule has 1 heterocycles. The van der Waals surface area contributed by atoms with Gasteiger partial charge in [-0.25, -0.2) is 9.78 Å². The summed E-state index contributed by atoms with van der Waals surface area (Å²) in [4.78, 5) is 17.5. The molecule has 0 fully saturated rings. The molecule has 0 aliphatic carbocycles. The molecular formula is C11H9BrN2O3. The number of aromatic nitrogens is 2. The normalized spacial score (nSPS) is 10.2. The minimum Gasteiger partial charge on any atom is -0.497 e. The number of aromatic amines is 1. The van der Waals surface area contributed by atoms with Crippen LogP contribution in [-0.4, -0.2) is 28.2 Å². The van der Waals surface area contributed by atoms with Gasteiger partial charge in [-0.05, 0) is 18.2 Å². The summed E-state index contributed by atoms with van der Waals surface area (Å²) in [6, 6.07) is 5.39. The van der Waals surface area contributed by atoms with E-state index in [-0.39, 0.29) is 5.69 Å². The Kier molecular flexibility index (Phi) is 3.14. The largest absolute Gasteiger partial charge is 0.497 e. The Morgan fingerprint density at radius 2 is 2.29 bits per heavy atom. The number of carboxylic acid groups (broad SMARTS) is 1. The van der Waals surface area contributed by atoms with E-state index in [1.807, 2.05) is 6.07 Å². The van der Waals surface area contributed by atoms with Gasteiger partial charge in [-0.2, -0.15) is 0 Å². The van der Waals surface area contributed by atoms with Crippen molar-refractivity contribution in [3.8, 4) is 17.1 Å². The molecule has 0 saturated carbocycles. The summed E-state index contributed by atoms with van der Waals surface area (Å²) < 4.78 is 5.92. The first kappa shape index (κ1) is 11.7. The van der Waals surface area contributed by atoms with Crippen LogP contribution in [0.4, 0.5) is 0 Å². The summed E-state index contributed by atoms with van der Waals surface area (Å²) in [6.45, 7) is 0. The molecule has 0 spiro atoms. The summed E-state index contributed by atoms with van der Waals surface area (Å²) in [5.41, 5.74) is 0.798. The van der Waals surface area contributed by atoms with Crippen LogP contribution in [0.2, 0.25) is 0 Å². The number of benzene rings is 1. The second-order valence-electron chi connectivity index (χ2n) is 3.30. The maximum Gasteiger partial charge on any atom is 0.353 e. The molecule has 2 aromatic rings. The number of nitrogens with one attached hydrogen (secondary N) is 1. The monoisotopic (exact) mass is 296 g/mol. The van der Waals surface area contributed by atoms with Crippen molar-refractivity contribution in [2.45, 2.75) is 0 Å². The number of ether oxygens (including phenoxy) is 1. The Bertz CT molecular complexity index is 566. The van der Waals surface area contributed by atoms with Crippen LogP contribution in [-0.2, 0) is 0 Å². The van der Waals surface area contributed by atoms with Crippen LogP contribution < -0.4 is 4.74 Å². The highest BCUT2D eigenvalue weighted by Crippen LogP contribution is 2.29. The van der Waals surface area contributed by atoms with E-state index in [1.54, 1.807) is 19.2 Å². The quantitative estimate of drug-likeness (QED) is 0.913. The predicted octanol–water partition coefficient (Wildman–Crippen LogP) is 2.55. The van der Waals surface area contributed by atoms with Crippen molar-refractivity contribution in [2.24, 2.45) is 0 Å². The Labute approximate surface area is 106 Å². The summed E-state index contributed by atoms with van der Waals surface area (Å²) in [5.74, 6) is 0.118. The number of halogens is 1. The summed E-state index contributed by atoms with van der Waals surface area (Å²) >= 11 is 3.38. The van der Waals surface area contributed by atoms with Gasteiger partial charge in [0.05, 0.1) is 13.3 Å². The van der Waals surface area contributed by atoms with Crippen LogP contribution in [0.25, 0.3) is 11.4 Å². The van der Waals surface area contributed by atoms with Gasteiger partial charge < -0.3 is 14.8 Å². The van der Waals surface area contributed by atoms with Gasteiger partial charge in [0.1, 0.15) is 17.3 Å². The number of methoxy groups -OCH3 is 1. The Morgan fingerprint density at radius 3 is 2.88 bits per heavy atom. The lowest BCUT2D eigenvalue weighted by molar-refractivity contribution is 0.0691. The van der Waals surface area contributed by atoms with Gasteiger partial charge in [0.25, 0.3) is 0 Å². The van der Waals surface area contributed by atoms with Crippen molar-refractivity contribution < 1.29 is 14.6 Å². The Morgan fingerprint density at radius 1 is 1.53 bits per heavy atom. The van der Waals surface area contributed by atoms with Crippen molar-refractivity contribution in [1.29, 1.82) is 0 Å². The molecule has 17 heavy (non-hydrogen) atoms.